The highest BCUT2D eigenvalue weighted by molar-refractivity contribution is 4.85. The topological polar surface area (TPSA) is 53.6 Å². The van der Waals surface area contributed by atoms with Crippen LogP contribution in [-0.2, 0) is 6.54 Å². The van der Waals surface area contributed by atoms with E-state index < -0.39 is 0 Å². The van der Waals surface area contributed by atoms with Crippen molar-refractivity contribution in [2.75, 3.05) is 0 Å². The summed E-state index contributed by atoms with van der Waals surface area (Å²) < 4.78 is 0. The van der Waals surface area contributed by atoms with Crippen LogP contribution in [0.1, 0.15) is 38.9 Å². The molecule has 3 unspecified atom stereocenters. The third-order valence-electron chi connectivity index (χ3n) is 3.70. The van der Waals surface area contributed by atoms with Crippen molar-refractivity contribution >= 4 is 0 Å². The van der Waals surface area contributed by atoms with Crippen molar-refractivity contribution in [3.05, 3.63) is 12.2 Å². The number of aromatic amines is 1. The SMILES string of the molecule is CC1CCCC(NCc2ncn[nH]2)C1C. The number of H-pyrrole nitrogens is 1. The van der Waals surface area contributed by atoms with Gasteiger partial charge in [-0.2, -0.15) is 5.10 Å². The molecule has 1 aliphatic rings. The first-order valence-corrected chi connectivity index (χ1v) is 5.85. The Bertz CT molecular complexity index is 283. The zero-order valence-corrected chi connectivity index (χ0v) is 9.53. The molecule has 1 aromatic heterocycles. The van der Waals surface area contributed by atoms with Gasteiger partial charge in [-0.25, -0.2) is 4.98 Å². The molecular weight excluding hydrogens is 188 g/mol. The Morgan fingerprint density at radius 2 is 2.33 bits per heavy atom. The van der Waals surface area contributed by atoms with Crippen LogP contribution < -0.4 is 5.32 Å². The number of rotatable bonds is 3. The van der Waals surface area contributed by atoms with Crippen molar-refractivity contribution in [1.82, 2.24) is 20.5 Å². The molecule has 0 radical (unpaired) electrons. The van der Waals surface area contributed by atoms with Crippen molar-refractivity contribution < 1.29 is 0 Å². The standard InChI is InChI=1S/C11H20N4/c1-8-4-3-5-10(9(8)2)12-6-11-13-7-14-15-11/h7-10,12H,3-6H2,1-2H3,(H,13,14,15). The predicted molar refractivity (Wildman–Crippen MR) is 59.2 cm³/mol. The normalized spacial score (nSPS) is 31.7. The second kappa shape index (κ2) is 4.75. The van der Waals surface area contributed by atoms with Gasteiger partial charge >= 0.3 is 0 Å². The first-order chi connectivity index (χ1) is 7.27. The molecule has 3 atom stereocenters. The molecule has 1 saturated carbocycles. The zero-order valence-electron chi connectivity index (χ0n) is 9.53. The summed E-state index contributed by atoms with van der Waals surface area (Å²) >= 11 is 0. The van der Waals surface area contributed by atoms with Crippen LogP contribution in [0.25, 0.3) is 0 Å². The van der Waals surface area contributed by atoms with E-state index in [1.165, 1.54) is 19.3 Å². The third kappa shape index (κ3) is 2.56. The van der Waals surface area contributed by atoms with Crippen LogP contribution in [0, 0.1) is 11.8 Å². The highest BCUT2D eigenvalue weighted by Crippen LogP contribution is 2.29. The number of aromatic nitrogens is 3. The lowest BCUT2D eigenvalue weighted by atomic mass is 9.78. The van der Waals surface area contributed by atoms with Gasteiger partial charge in [-0.3, -0.25) is 5.10 Å². The fourth-order valence-electron chi connectivity index (χ4n) is 2.41. The summed E-state index contributed by atoms with van der Waals surface area (Å²) in [5.41, 5.74) is 0. The summed E-state index contributed by atoms with van der Waals surface area (Å²) in [6, 6.07) is 0.638. The fraction of sp³-hybridized carbons (Fsp3) is 0.818. The highest BCUT2D eigenvalue weighted by Gasteiger charge is 2.26. The van der Waals surface area contributed by atoms with Gasteiger partial charge in [0.25, 0.3) is 0 Å². The molecule has 4 nitrogen and oxygen atoms in total. The average molecular weight is 208 g/mol. The maximum Gasteiger partial charge on any atom is 0.138 e. The molecule has 0 amide bonds. The van der Waals surface area contributed by atoms with Crippen molar-refractivity contribution in [2.45, 2.75) is 45.7 Å². The van der Waals surface area contributed by atoms with Crippen molar-refractivity contribution in [3.63, 3.8) is 0 Å². The van der Waals surface area contributed by atoms with E-state index in [2.05, 4.69) is 34.3 Å². The molecule has 0 saturated heterocycles. The molecule has 2 rings (SSSR count). The van der Waals surface area contributed by atoms with Gasteiger partial charge in [-0.1, -0.05) is 26.7 Å². The number of hydrogen-bond donors (Lipinski definition) is 2. The summed E-state index contributed by atoms with van der Waals surface area (Å²) in [6.45, 7) is 5.51. The Balaban J connectivity index is 1.83. The minimum Gasteiger partial charge on any atom is -0.307 e. The first kappa shape index (κ1) is 10.6. The van der Waals surface area contributed by atoms with Crippen LogP contribution in [0.5, 0.6) is 0 Å². The molecule has 0 aromatic carbocycles. The summed E-state index contributed by atoms with van der Waals surface area (Å²) in [4.78, 5) is 4.12. The largest absolute Gasteiger partial charge is 0.307 e. The highest BCUT2D eigenvalue weighted by atomic mass is 15.2. The maximum absolute atomic E-state index is 4.12. The van der Waals surface area contributed by atoms with E-state index in [9.17, 15) is 0 Å². The van der Waals surface area contributed by atoms with E-state index >= 15 is 0 Å². The van der Waals surface area contributed by atoms with Gasteiger partial charge in [0.2, 0.25) is 0 Å². The maximum atomic E-state index is 4.12. The lowest BCUT2D eigenvalue weighted by molar-refractivity contribution is 0.205. The Kier molecular flexibility index (Phi) is 3.36. The van der Waals surface area contributed by atoms with Gasteiger partial charge in [-0.15, -0.1) is 0 Å². The van der Waals surface area contributed by atoms with E-state index in [-0.39, 0.29) is 0 Å². The lowest BCUT2D eigenvalue weighted by Crippen LogP contribution is -2.40. The van der Waals surface area contributed by atoms with Crippen LogP contribution in [-0.4, -0.2) is 21.2 Å². The number of nitrogens with one attached hydrogen (secondary N) is 2. The van der Waals surface area contributed by atoms with Gasteiger partial charge in [0.05, 0.1) is 6.54 Å². The summed E-state index contributed by atoms with van der Waals surface area (Å²) in [6.07, 6.45) is 5.57. The smallest absolute Gasteiger partial charge is 0.138 e. The molecule has 2 N–H and O–H groups in total. The van der Waals surface area contributed by atoms with Crippen LogP contribution in [0.15, 0.2) is 6.33 Å². The van der Waals surface area contributed by atoms with Gasteiger partial charge in [0, 0.05) is 6.04 Å². The van der Waals surface area contributed by atoms with E-state index in [0.717, 1.165) is 24.2 Å². The molecule has 15 heavy (non-hydrogen) atoms. The third-order valence-corrected chi connectivity index (χ3v) is 3.70. The Labute approximate surface area is 90.9 Å². The monoisotopic (exact) mass is 208 g/mol. The minimum absolute atomic E-state index is 0.638. The van der Waals surface area contributed by atoms with Crippen molar-refractivity contribution in [2.24, 2.45) is 11.8 Å². The minimum atomic E-state index is 0.638. The molecule has 1 heterocycles. The predicted octanol–water partition coefficient (Wildman–Crippen LogP) is 1.72. The molecule has 0 bridgehead atoms. The first-order valence-electron chi connectivity index (χ1n) is 5.85. The second-order valence-corrected chi connectivity index (χ2v) is 4.69. The van der Waals surface area contributed by atoms with Crippen LogP contribution >= 0.6 is 0 Å². The fourth-order valence-corrected chi connectivity index (χ4v) is 2.41. The summed E-state index contributed by atoms with van der Waals surface area (Å²) in [5, 5.41) is 10.3. The molecule has 84 valence electrons. The van der Waals surface area contributed by atoms with E-state index in [0.29, 0.717) is 6.04 Å². The van der Waals surface area contributed by atoms with Crippen molar-refractivity contribution in [1.29, 1.82) is 0 Å². The Hall–Kier alpha value is -0.900. The van der Waals surface area contributed by atoms with E-state index in [1.54, 1.807) is 6.33 Å². The molecular formula is C11H20N4. The number of nitrogens with zero attached hydrogens (tertiary/aromatic N) is 2. The molecule has 0 aliphatic heterocycles. The summed E-state index contributed by atoms with van der Waals surface area (Å²) in [7, 11) is 0. The quantitative estimate of drug-likeness (QED) is 0.795. The molecule has 0 spiro atoms. The van der Waals surface area contributed by atoms with E-state index in [4.69, 9.17) is 0 Å². The van der Waals surface area contributed by atoms with Gasteiger partial charge < -0.3 is 5.32 Å². The molecule has 1 aromatic rings. The second-order valence-electron chi connectivity index (χ2n) is 4.69. The lowest BCUT2D eigenvalue weighted by Gasteiger charge is -2.34. The summed E-state index contributed by atoms with van der Waals surface area (Å²) in [5.74, 6) is 2.54. The van der Waals surface area contributed by atoms with Gasteiger partial charge in [0.15, 0.2) is 0 Å². The van der Waals surface area contributed by atoms with Crippen LogP contribution in [0.3, 0.4) is 0 Å². The van der Waals surface area contributed by atoms with E-state index in [1.807, 2.05) is 0 Å². The Morgan fingerprint density at radius 1 is 1.47 bits per heavy atom. The van der Waals surface area contributed by atoms with Crippen LogP contribution in [0.2, 0.25) is 0 Å². The Morgan fingerprint density at radius 3 is 3.07 bits per heavy atom. The molecule has 1 fully saturated rings. The van der Waals surface area contributed by atoms with Gasteiger partial charge in [0.1, 0.15) is 12.2 Å². The van der Waals surface area contributed by atoms with Gasteiger partial charge in [-0.05, 0) is 18.3 Å². The average Bonchev–Trinajstić information content (AvgIpc) is 2.73. The molecule has 1 aliphatic carbocycles. The number of hydrogen-bond acceptors (Lipinski definition) is 3. The van der Waals surface area contributed by atoms with Crippen LogP contribution in [0.4, 0.5) is 0 Å². The zero-order chi connectivity index (χ0) is 10.7. The molecule has 4 heteroatoms. The van der Waals surface area contributed by atoms with Crippen molar-refractivity contribution in [3.8, 4) is 0 Å².